The number of nitrogens with one attached hydrogen (secondary N) is 1. The highest BCUT2D eigenvalue weighted by Gasteiger charge is 2.74. The van der Waals surface area contributed by atoms with E-state index in [4.69, 9.17) is 23.7 Å². The van der Waals surface area contributed by atoms with Gasteiger partial charge in [-0.2, -0.15) is 0 Å². The number of hydrogen-bond donors (Lipinski definition) is 4. The van der Waals surface area contributed by atoms with Gasteiger partial charge in [0.05, 0.1) is 29.7 Å². The molecule has 1 saturated heterocycles. The van der Waals surface area contributed by atoms with Crippen LogP contribution in [0.25, 0.3) is 0 Å². The summed E-state index contributed by atoms with van der Waals surface area (Å²) < 4.78 is 30.2. The predicted molar refractivity (Wildman–Crippen MR) is 222 cm³/mol. The number of carbonyl (C=O) groups is 6. The molecule has 1 aliphatic heterocycles. The fraction of sp³-hybridized carbons (Fsp3) is 0.458. The molecule has 1 amide bonds. The maximum absolute atomic E-state index is 15.5. The molecule has 3 aromatic carbocycles. The number of ether oxygens (including phenoxy) is 5. The van der Waals surface area contributed by atoms with Crippen molar-refractivity contribution >= 4 is 35.6 Å². The molecule has 4 N–H and O–H groups in total. The van der Waals surface area contributed by atoms with Crippen LogP contribution in [0.2, 0.25) is 0 Å². The maximum atomic E-state index is 15.5. The number of ketones is 1. The zero-order valence-electron chi connectivity index (χ0n) is 35.9. The summed E-state index contributed by atoms with van der Waals surface area (Å²) in [6, 6.07) is 23.1. The smallest absolute Gasteiger partial charge is 0.338 e. The van der Waals surface area contributed by atoms with E-state index in [1.807, 2.05) is 0 Å². The number of hydrogen-bond acceptors (Lipinski definition) is 14. The number of aliphatic hydroxyl groups excluding tert-OH is 2. The topological polar surface area (TPSA) is 221 Å². The molecule has 63 heavy (non-hydrogen) atoms. The Bertz CT molecular complexity index is 2300. The summed E-state index contributed by atoms with van der Waals surface area (Å²) in [5.74, 6) is -6.27. The van der Waals surface area contributed by atoms with Crippen LogP contribution < -0.4 is 5.32 Å². The molecule has 3 fully saturated rings. The van der Waals surface area contributed by atoms with Gasteiger partial charge in [-0.3, -0.25) is 19.2 Å². The number of rotatable bonds is 10. The largest absolute Gasteiger partial charge is 0.456 e. The van der Waals surface area contributed by atoms with E-state index in [-0.39, 0.29) is 35.3 Å². The van der Waals surface area contributed by atoms with Crippen molar-refractivity contribution in [1.82, 2.24) is 5.32 Å². The van der Waals surface area contributed by atoms with Crippen molar-refractivity contribution in [2.45, 2.75) is 115 Å². The van der Waals surface area contributed by atoms with Crippen LogP contribution in [-0.2, 0) is 42.9 Å². The highest BCUT2D eigenvalue weighted by molar-refractivity contribution is 5.96. The summed E-state index contributed by atoms with van der Waals surface area (Å²) in [5.41, 5.74) is -6.43. The lowest BCUT2D eigenvalue weighted by Gasteiger charge is -2.62. The van der Waals surface area contributed by atoms with E-state index in [0.717, 1.165) is 6.92 Å². The van der Waals surface area contributed by atoms with Gasteiger partial charge >= 0.3 is 23.9 Å². The van der Waals surface area contributed by atoms with Gasteiger partial charge in [-0.25, -0.2) is 9.59 Å². The zero-order chi connectivity index (χ0) is 45.6. The molecule has 334 valence electrons. The number of esters is 4. The second kappa shape index (κ2) is 17.1. The molecular weight excluding hydrogens is 815 g/mol. The normalized spacial score (nSPS) is 31.7. The van der Waals surface area contributed by atoms with Gasteiger partial charge in [0.2, 0.25) is 0 Å². The lowest BCUT2D eigenvalue weighted by Crippen LogP contribution is -2.75. The molecule has 4 aliphatic rings. The van der Waals surface area contributed by atoms with Gasteiger partial charge in [0.15, 0.2) is 23.6 Å². The third-order valence-electron chi connectivity index (χ3n) is 13.8. The minimum atomic E-state index is -2.29. The lowest BCUT2D eigenvalue weighted by atomic mass is 9.52. The number of Topliss-reactive ketones (excluding diaryl/α,β-unsaturated/α-hetero) is 1. The minimum Gasteiger partial charge on any atom is -0.456 e. The van der Waals surface area contributed by atoms with Crippen molar-refractivity contribution in [2.24, 2.45) is 16.7 Å². The summed E-state index contributed by atoms with van der Waals surface area (Å²) in [7, 11) is 0. The van der Waals surface area contributed by atoms with Crippen LogP contribution in [0.15, 0.2) is 102 Å². The molecule has 0 spiro atoms. The zero-order valence-corrected chi connectivity index (χ0v) is 35.9. The predicted octanol–water partition coefficient (Wildman–Crippen LogP) is 4.13. The Morgan fingerprint density at radius 2 is 1.40 bits per heavy atom. The Labute approximate surface area is 364 Å². The number of fused-ring (bicyclic) bond motifs is 5. The van der Waals surface area contributed by atoms with E-state index in [9.17, 15) is 39.3 Å². The summed E-state index contributed by atoms with van der Waals surface area (Å²) >= 11 is 0. The summed E-state index contributed by atoms with van der Waals surface area (Å²) in [5, 5.41) is 40.1. The Morgan fingerprint density at radius 3 is 1.95 bits per heavy atom. The van der Waals surface area contributed by atoms with E-state index in [1.54, 1.807) is 92.7 Å². The van der Waals surface area contributed by atoms with Crippen LogP contribution in [0.3, 0.4) is 0 Å². The molecule has 11 atom stereocenters. The quantitative estimate of drug-likeness (QED) is 0.128. The fourth-order valence-electron chi connectivity index (χ4n) is 10.3. The number of aliphatic hydroxyl groups is 3. The van der Waals surface area contributed by atoms with Crippen LogP contribution in [-0.4, -0.2) is 105 Å². The maximum Gasteiger partial charge on any atom is 0.338 e. The molecule has 2 unspecified atom stereocenters. The Hall–Kier alpha value is -5.74. The van der Waals surface area contributed by atoms with Crippen LogP contribution in [0.4, 0.5) is 0 Å². The molecule has 0 aromatic heterocycles. The average Bonchev–Trinajstić information content (AvgIpc) is 3.26. The van der Waals surface area contributed by atoms with Gasteiger partial charge in [-0.15, -0.1) is 0 Å². The molecule has 2 bridgehead atoms. The van der Waals surface area contributed by atoms with E-state index in [2.05, 4.69) is 5.32 Å². The van der Waals surface area contributed by atoms with Crippen molar-refractivity contribution in [3.63, 3.8) is 0 Å². The van der Waals surface area contributed by atoms with Gasteiger partial charge in [-0.05, 0) is 61.2 Å². The SMILES string of the molecule is CC(=O)O[C@H]1C(=O)[C@@]2(C)[C@H](C[C@H](OC(=O)c3ccccc3)[C@]3(O)CC(OC(=O)[C@H](O)C(NC(=O)c4ccccc4)c4ccccc4)C(C)=C1C3(C)C)[C@]1(OC(C)=O)CO[C@@H]1C[C@@H]2O. The summed E-state index contributed by atoms with van der Waals surface area (Å²) in [4.78, 5) is 83.3. The third kappa shape index (κ3) is 7.85. The number of benzene rings is 3. The van der Waals surface area contributed by atoms with E-state index in [1.165, 1.54) is 32.9 Å². The Kier molecular flexibility index (Phi) is 12.3. The van der Waals surface area contributed by atoms with E-state index in [0.29, 0.717) is 5.56 Å². The van der Waals surface area contributed by atoms with Gasteiger partial charge < -0.3 is 44.3 Å². The van der Waals surface area contributed by atoms with Gasteiger partial charge in [0.1, 0.15) is 23.9 Å². The number of amides is 1. The van der Waals surface area contributed by atoms with Crippen molar-refractivity contribution in [3.05, 3.63) is 119 Å². The van der Waals surface area contributed by atoms with E-state index < -0.39 is 119 Å². The molecule has 15 heteroatoms. The van der Waals surface area contributed by atoms with Crippen LogP contribution in [0.1, 0.15) is 93.1 Å². The van der Waals surface area contributed by atoms with Crippen molar-refractivity contribution in [2.75, 3.05) is 6.61 Å². The highest BCUT2D eigenvalue weighted by Crippen LogP contribution is 2.62. The highest BCUT2D eigenvalue weighted by atomic mass is 16.6. The molecule has 3 aliphatic carbocycles. The second-order valence-electron chi connectivity index (χ2n) is 17.7. The summed E-state index contributed by atoms with van der Waals surface area (Å²) in [6.07, 6.45) is -10.3. The molecule has 0 radical (unpaired) electrons. The molecule has 7 rings (SSSR count). The first-order valence-corrected chi connectivity index (χ1v) is 21.0. The Balaban J connectivity index is 1.37. The first-order valence-electron chi connectivity index (χ1n) is 21.0. The van der Waals surface area contributed by atoms with E-state index >= 15 is 4.79 Å². The Morgan fingerprint density at radius 1 is 0.810 bits per heavy atom. The fourth-order valence-corrected chi connectivity index (χ4v) is 10.3. The van der Waals surface area contributed by atoms with Gasteiger partial charge in [0.25, 0.3) is 5.91 Å². The van der Waals surface area contributed by atoms with Crippen LogP contribution in [0.5, 0.6) is 0 Å². The van der Waals surface area contributed by atoms with Crippen LogP contribution in [0, 0.1) is 16.7 Å². The van der Waals surface area contributed by atoms with Crippen molar-refractivity contribution in [1.29, 1.82) is 0 Å². The van der Waals surface area contributed by atoms with Crippen molar-refractivity contribution in [3.8, 4) is 0 Å². The minimum absolute atomic E-state index is 0.00378. The monoisotopic (exact) mass is 867 g/mol. The van der Waals surface area contributed by atoms with Gasteiger partial charge in [-0.1, -0.05) is 80.6 Å². The standard InChI is InChI=1S/C48H53NO14/c1-26-32(61-44(57)39(53)38(29-16-10-7-11-17-29)49-42(55)30-18-12-8-13-19-30)24-48(58)36(62-43(56)31-20-14-9-15-21-31)22-33-46(6,34(52)23-35-47(33,25-59-35)63-28(3)51)41(54)40(60-27(2)50)37(26)45(48,4)5/h7-21,32-36,38-40,52-53,58H,22-25H2,1-6H3,(H,49,55)/t32?,33-,34-,35+,36-,38?,39+,40+,46-,47+,48+/m0/s1. The number of carbonyl (C=O) groups excluding carboxylic acids is 6. The lowest BCUT2D eigenvalue weighted by molar-refractivity contribution is -0.323. The first-order chi connectivity index (χ1) is 29.8. The molecule has 3 aromatic rings. The molecule has 15 nitrogen and oxygen atoms in total. The molecule has 1 heterocycles. The van der Waals surface area contributed by atoms with Crippen molar-refractivity contribution < 1.29 is 67.8 Å². The molecule has 2 saturated carbocycles. The third-order valence-corrected chi connectivity index (χ3v) is 13.8. The molecular formula is C48H53NO14. The average molecular weight is 868 g/mol. The second-order valence-corrected chi connectivity index (χ2v) is 17.7. The first kappa shape index (κ1) is 45.3. The van der Waals surface area contributed by atoms with Gasteiger partial charge in [0, 0.05) is 43.6 Å². The van der Waals surface area contributed by atoms with Crippen LogP contribution >= 0.6 is 0 Å². The summed E-state index contributed by atoms with van der Waals surface area (Å²) in [6.45, 7) is 8.27.